The zero-order valence-corrected chi connectivity index (χ0v) is 14.1. The normalized spacial score (nSPS) is 17.7. The number of anilines is 2. The van der Waals surface area contributed by atoms with Gasteiger partial charge in [-0.1, -0.05) is 18.9 Å². The van der Waals surface area contributed by atoms with Crippen molar-refractivity contribution in [2.75, 3.05) is 10.6 Å². The molecule has 1 aromatic heterocycles. The highest BCUT2D eigenvalue weighted by molar-refractivity contribution is 5.45. The zero-order valence-electron chi connectivity index (χ0n) is 14.1. The van der Waals surface area contributed by atoms with Crippen LogP contribution < -0.4 is 10.6 Å². The van der Waals surface area contributed by atoms with Crippen molar-refractivity contribution in [1.29, 1.82) is 0 Å². The Morgan fingerprint density at radius 2 is 1.76 bits per heavy atom. The number of nitrogens with zero attached hydrogens (tertiary/aromatic N) is 2. The molecule has 0 bridgehead atoms. The quantitative estimate of drug-likeness (QED) is 0.804. The summed E-state index contributed by atoms with van der Waals surface area (Å²) in [6, 6.07) is 6.36. The van der Waals surface area contributed by atoms with Crippen molar-refractivity contribution in [3.8, 4) is 0 Å². The van der Waals surface area contributed by atoms with Gasteiger partial charge in [-0.25, -0.2) is 13.8 Å². The third kappa shape index (κ3) is 4.06. The fourth-order valence-corrected chi connectivity index (χ4v) is 3.30. The largest absolute Gasteiger partial charge is 0.366 e. The van der Waals surface area contributed by atoms with Gasteiger partial charge in [0.1, 0.15) is 5.82 Å². The number of rotatable bonds is 6. The molecule has 0 spiro atoms. The average Bonchev–Trinajstić information content (AvgIpc) is 3.34. The fourth-order valence-electron chi connectivity index (χ4n) is 3.30. The van der Waals surface area contributed by atoms with Crippen LogP contribution in [0.25, 0.3) is 0 Å². The molecular formula is C19H22F2N4. The third-order valence-corrected chi connectivity index (χ3v) is 4.89. The van der Waals surface area contributed by atoms with Gasteiger partial charge in [0, 0.05) is 24.6 Å². The average molecular weight is 344 g/mol. The molecule has 0 radical (unpaired) electrons. The van der Waals surface area contributed by atoms with E-state index in [-0.39, 0.29) is 0 Å². The first-order valence-electron chi connectivity index (χ1n) is 9.01. The molecule has 25 heavy (non-hydrogen) atoms. The minimum atomic E-state index is -0.829. The van der Waals surface area contributed by atoms with E-state index < -0.39 is 11.6 Å². The van der Waals surface area contributed by atoms with E-state index in [0.29, 0.717) is 30.0 Å². The summed E-state index contributed by atoms with van der Waals surface area (Å²) in [5, 5.41) is 6.66. The predicted octanol–water partition coefficient (Wildman–Crippen LogP) is 4.60. The Kier molecular flexibility index (Phi) is 4.51. The molecular weight excluding hydrogens is 322 g/mol. The molecule has 2 N–H and O–H groups in total. The number of hydrogen-bond acceptors (Lipinski definition) is 4. The van der Waals surface area contributed by atoms with Crippen LogP contribution in [-0.4, -0.2) is 16.0 Å². The van der Waals surface area contributed by atoms with Crippen molar-refractivity contribution in [2.45, 2.75) is 57.0 Å². The summed E-state index contributed by atoms with van der Waals surface area (Å²) in [5.74, 6) is 0.260. The molecule has 4 nitrogen and oxygen atoms in total. The van der Waals surface area contributed by atoms with E-state index >= 15 is 0 Å². The van der Waals surface area contributed by atoms with Crippen LogP contribution in [0.4, 0.5) is 20.5 Å². The number of nitrogens with one attached hydrogen (secondary N) is 2. The van der Waals surface area contributed by atoms with Gasteiger partial charge in [0.25, 0.3) is 0 Å². The summed E-state index contributed by atoms with van der Waals surface area (Å²) in [7, 11) is 0. The second kappa shape index (κ2) is 6.94. The number of aromatic nitrogens is 2. The van der Waals surface area contributed by atoms with Gasteiger partial charge >= 0.3 is 0 Å². The lowest BCUT2D eigenvalue weighted by molar-refractivity contribution is 0.507. The molecule has 0 aliphatic heterocycles. The molecule has 2 saturated carbocycles. The SMILES string of the molecule is Fc1ccc(CNc2cc(C3CC3)nc(NC3CCCC3)n2)cc1F. The molecule has 132 valence electrons. The van der Waals surface area contributed by atoms with Crippen molar-refractivity contribution in [2.24, 2.45) is 0 Å². The first kappa shape index (κ1) is 16.2. The van der Waals surface area contributed by atoms with Crippen LogP contribution >= 0.6 is 0 Å². The Morgan fingerprint density at radius 3 is 2.48 bits per heavy atom. The minimum Gasteiger partial charge on any atom is -0.366 e. The molecule has 4 rings (SSSR count). The smallest absolute Gasteiger partial charge is 0.225 e. The summed E-state index contributed by atoms with van der Waals surface area (Å²) >= 11 is 0. The first-order chi connectivity index (χ1) is 12.2. The Hall–Kier alpha value is -2.24. The molecule has 0 unspecified atom stereocenters. The van der Waals surface area contributed by atoms with E-state index in [1.54, 1.807) is 6.07 Å². The van der Waals surface area contributed by atoms with E-state index in [2.05, 4.69) is 20.6 Å². The number of benzene rings is 1. The van der Waals surface area contributed by atoms with Gasteiger partial charge in [0.15, 0.2) is 11.6 Å². The summed E-state index contributed by atoms with van der Waals surface area (Å²) < 4.78 is 26.4. The fraction of sp³-hybridized carbons (Fsp3) is 0.474. The van der Waals surface area contributed by atoms with Gasteiger partial charge in [-0.3, -0.25) is 0 Å². The van der Waals surface area contributed by atoms with Crippen molar-refractivity contribution in [3.05, 3.63) is 47.2 Å². The van der Waals surface area contributed by atoms with Crippen LogP contribution in [0, 0.1) is 11.6 Å². The van der Waals surface area contributed by atoms with Gasteiger partial charge in [-0.2, -0.15) is 4.98 Å². The molecule has 0 saturated heterocycles. The molecule has 1 aromatic carbocycles. The number of halogens is 2. The highest BCUT2D eigenvalue weighted by Gasteiger charge is 2.26. The summed E-state index contributed by atoms with van der Waals surface area (Å²) in [5.41, 5.74) is 1.74. The lowest BCUT2D eigenvalue weighted by Gasteiger charge is -2.15. The highest BCUT2D eigenvalue weighted by atomic mass is 19.2. The van der Waals surface area contributed by atoms with Crippen LogP contribution in [0.5, 0.6) is 0 Å². The van der Waals surface area contributed by atoms with E-state index in [4.69, 9.17) is 0 Å². The van der Waals surface area contributed by atoms with E-state index in [1.807, 2.05) is 6.07 Å². The summed E-state index contributed by atoms with van der Waals surface area (Å²) in [4.78, 5) is 9.23. The molecule has 6 heteroatoms. The lowest BCUT2D eigenvalue weighted by atomic mass is 10.2. The highest BCUT2D eigenvalue weighted by Crippen LogP contribution is 2.40. The second-order valence-electron chi connectivity index (χ2n) is 7.00. The monoisotopic (exact) mass is 344 g/mol. The lowest BCUT2D eigenvalue weighted by Crippen LogP contribution is -2.17. The molecule has 1 heterocycles. The van der Waals surface area contributed by atoms with Crippen molar-refractivity contribution in [1.82, 2.24) is 9.97 Å². The Labute approximate surface area is 146 Å². The first-order valence-corrected chi connectivity index (χ1v) is 9.01. The van der Waals surface area contributed by atoms with Gasteiger partial charge in [-0.15, -0.1) is 0 Å². The molecule has 2 aliphatic rings. The third-order valence-electron chi connectivity index (χ3n) is 4.89. The Morgan fingerprint density at radius 1 is 0.960 bits per heavy atom. The molecule has 2 aliphatic carbocycles. The topological polar surface area (TPSA) is 49.8 Å². The van der Waals surface area contributed by atoms with Crippen molar-refractivity contribution >= 4 is 11.8 Å². The maximum Gasteiger partial charge on any atom is 0.225 e. The molecule has 0 amide bonds. The van der Waals surface area contributed by atoms with Gasteiger partial charge in [0.05, 0.1) is 5.69 Å². The predicted molar refractivity (Wildman–Crippen MR) is 93.6 cm³/mol. The molecule has 2 aromatic rings. The zero-order chi connectivity index (χ0) is 17.2. The van der Waals surface area contributed by atoms with Crippen molar-refractivity contribution in [3.63, 3.8) is 0 Å². The Balaban J connectivity index is 1.49. The second-order valence-corrected chi connectivity index (χ2v) is 7.00. The van der Waals surface area contributed by atoms with Gasteiger partial charge in [-0.05, 0) is 43.4 Å². The van der Waals surface area contributed by atoms with Crippen LogP contribution in [0.1, 0.15) is 55.7 Å². The minimum absolute atomic E-state index is 0.390. The van der Waals surface area contributed by atoms with Crippen LogP contribution in [0.2, 0.25) is 0 Å². The van der Waals surface area contributed by atoms with E-state index in [9.17, 15) is 8.78 Å². The summed E-state index contributed by atoms with van der Waals surface area (Å²) in [6.45, 7) is 0.390. The van der Waals surface area contributed by atoms with Gasteiger partial charge < -0.3 is 10.6 Å². The maximum atomic E-state index is 13.3. The maximum absolute atomic E-state index is 13.3. The van der Waals surface area contributed by atoms with Crippen LogP contribution in [0.15, 0.2) is 24.3 Å². The Bertz CT molecular complexity index is 755. The van der Waals surface area contributed by atoms with Crippen LogP contribution in [0.3, 0.4) is 0 Å². The van der Waals surface area contributed by atoms with E-state index in [1.165, 1.54) is 31.7 Å². The number of hydrogen-bond donors (Lipinski definition) is 2. The van der Waals surface area contributed by atoms with Crippen LogP contribution in [-0.2, 0) is 6.54 Å². The van der Waals surface area contributed by atoms with Gasteiger partial charge in [0.2, 0.25) is 5.95 Å². The molecule has 0 atom stereocenters. The molecule has 2 fully saturated rings. The van der Waals surface area contributed by atoms with E-state index in [0.717, 1.165) is 30.4 Å². The van der Waals surface area contributed by atoms with Crippen molar-refractivity contribution < 1.29 is 8.78 Å². The summed E-state index contributed by atoms with van der Waals surface area (Å²) in [6.07, 6.45) is 7.16. The standard InChI is InChI=1S/C19H22F2N4/c20-15-8-5-12(9-16(15)21)11-22-18-10-17(13-6-7-13)24-19(25-18)23-14-3-1-2-4-14/h5,8-10,13-14H,1-4,6-7,11H2,(H2,22,23,24,25).